The second-order valence-electron chi connectivity index (χ2n) is 8.31. The van der Waals surface area contributed by atoms with Crippen LogP contribution in [0.3, 0.4) is 0 Å². The van der Waals surface area contributed by atoms with Gasteiger partial charge in [-0.25, -0.2) is 8.78 Å². The van der Waals surface area contributed by atoms with Crippen molar-refractivity contribution in [3.8, 4) is 11.1 Å². The SMILES string of the molecule is CCCCC1CCC(c2ccc3cc(-c4ccc(F)c(F)c4)ccc3c2)CC1. The van der Waals surface area contributed by atoms with Crippen molar-refractivity contribution >= 4 is 10.8 Å². The van der Waals surface area contributed by atoms with Crippen molar-refractivity contribution in [2.24, 2.45) is 5.92 Å². The van der Waals surface area contributed by atoms with Crippen LogP contribution in [0.5, 0.6) is 0 Å². The maximum absolute atomic E-state index is 13.6. The van der Waals surface area contributed by atoms with Crippen LogP contribution in [0.15, 0.2) is 54.6 Å². The molecule has 0 aromatic heterocycles. The van der Waals surface area contributed by atoms with E-state index in [1.54, 1.807) is 6.07 Å². The van der Waals surface area contributed by atoms with Gasteiger partial charge in [0.1, 0.15) is 0 Å². The molecule has 3 aromatic rings. The highest BCUT2D eigenvalue weighted by molar-refractivity contribution is 5.88. The van der Waals surface area contributed by atoms with Crippen LogP contribution < -0.4 is 0 Å². The van der Waals surface area contributed by atoms with Gasteiger partial charge in [-0.05, 0) is 83.2 Å². The van der Waals surface area contributed by atoms with Crippen LogP contribution in [0.1, 0.15) is 63.4 Å². The number of unbranched alkanes of at least 4 members (excludes halogenated alkanes) is 1. The molecule has 0 spiro atoms. The van der Waals surface area contributed by atoms with Crippen LogP contribution in [0, 0.1) is 17.6 Å². The van der Waals surface area contributed by atoms with Gasteiger partial charge in [0.15, 0.2) is 11.6 Å². The molecule has 146 valence electrons. The van der Waals surface area contributed by atoms with Crippen LogP contribution in [-0.2, 0) is 0 Å². The molecule has 0 aliphatic heterocycles. The summed E-state index contributed by atoms with van der Waals surface area (Å²) in [7, 11) is 0. The van der Waals surface area contributed by atoms with Gasteiger partial charge in [-0.3, -0.25) is 0 Å². The van der Waals surface area contributed by atoms with Gasteiger partial charge in [-0.2, -0.15) is 0 Å². The Morgan fingerprint density at radius 3 is 2.18 bits per heavy atom. The summed E-state index contributed by atoms with van der Waals surface area (Å²) in [5.41, 5.74) is 3.06. The lowest BCUT2D eigenvalue weighted by atomic mass is 9.77. The van der Waals surface area contributed by atoms with E-state index in [-0.39, 0.29) is 0 Å². The topological polar surface area (TPSA) is 0 Å². The zero-order valence-corrected chi connectivity index (χ0v) is 16.6. The van der Waals surface area contributed by atoms with Crippen molar-refractivity contribution in [1.82, 2.24) is 0 Å². The molecule has 2 heteroatoms. The molecular formula is C26H28F2. The van der Waals surface area contributed by atoms with Gasteiger partial charge in [0, 0.05) is 0 Å². The minimum Gasteiger partial charge on any atom is -0.204 e. The molecule has 1 saturated carbocycles. The second kappa shape index (κ2) is 8.43. The van der Waals surface area contributed by atoms with E-state index in [1.807, 2.05) is 6.07 Å². The predicted octanol–water partition coefficient (Wildman–Crippen LogP) is 8.25. The molecule has 1 fully saturated rings. The molecule has 0 heterocycles. The zero-order valence-electron chi connectivity index (χ0n) is 16.6. The van der Waals surface area contributed by atoms with Crippen LogP contribution >= 0.6 is 0 Å². The Kier molecular flexibility index (Phi) is 5.75. The fourth-order valence-electron chi connectivity index (χ4n) is 4.65. The van der Waals surface area contributed by atoms with E-state index in [4.69, 9.17) is 0 Å². The van der Waals surface area contributed by atoms with Crippen LogP contribution in [0.25, 0.3) is 21.9 Å². The Bertz CT molecular complexity index is 952. The van der Waals surface area contributed by atoms with Crippen molar-refractivity contribution in [2.45, 2.75) is 57.8 Å². The zero-order chi connectivity index (χ0) is 19.5. The first-order valence-corrected chi connectivity index (χ1v) is 10.6. The fraction of sp³-hybridized carbons (Fsp3) is 0.385. The molecule has 0 nitrogen and oxygen atoms in total. The van der Waals surface area contributed by atoms with E-state index in [0.29, 0.717) is 11.5 Å². The quantitative estimate of drug-likeness (QED) is 0.419. The molecule has 28 heavy (non-hydrogen) atoms. The van der Waals surface area contributed by atoms with Gasteiger partial charge in [-0.15, -0.1) is 0 Å². The van der Waals surface area contributed by atoms with Crippen molar-refractivity contribution < 1.29 is 8.78 Å². The van der Waals surface area contributed by atoms with Crippen molar-refractivity contribution in [2.75, 3.05) is 0 Å². The lowest BCUT2D eigenvalue weighted by Crippen LogP contribution is -2.13. The molecule has 0 bridgehead atoms. The summed E-state index contributed by atoms with van der Waals surface area (Å²) in [6.07, 6.45) is 9.38. The van der Waals surface area contributed by atoms with E-state index in [1.165, 1.54) is 68.0 Å². The van der Waals surface area contributed by atoms with E-state index in [0.717, 1.165) is 16.9 Å². The van der Waals surface area contributed by atoms with Gasteiger partial charge < -0.3 is 0 Å². The molecule has 0 N–H and O–H groups in total. The average molecular weight is 379 g/mol. The highest BCUT2D eigenvalue weighted by Crippen LogP contribution is 2.38. The molecule has 0 atom stereocenters. The Hall–Kier alpha value is -2.22. The Morgan fingerprint density at radius 2 is 1.43 bits per heavy atom. The summed E-state index contributed by atoms with van der Waals surface area (Å²) in [6, 6.07) is 17.0. The number of hydrogen-bond acceptors (Lipinski definition) is 0. The van der Waals surface area contributed by atoms with Crippen molar-refractivity contribution in [1.29, 1.82) is 0 Å². The molecule has 0 amide bonds. The molecule has 1 aliphatic rings. The van der Waals surface area contributed by atoms with E-state index < -0.39 is 11.6 Å². The lowest BCUT2D eigenvalue weighted by Gasteiger charge is -2.29. The predicted molar refractivity (Wildman–Crippen MR) is 114 cm³/mol. The maximum atomic E-state index is 13.6. The molecule has 0 unspecified atom stereocenters. The van der Waals surface area contributed by atoms with Gasteiger partial charge in [0.2, 0.25) is 0 Å². The highest BCUT2D eigenvalue weighted by atomic mass is 19.2. The summed E-state index contributed by atoms with van der Waals surface area (Å²) < 4.78 is 26.8. The fourth-order valence-corrected chi connectivity index (χ4v) is 4.65. The average Bonchev–Trinajstić information content (AvgIpc) is 2.74. The van der Waals surface area contributed by atoms with Crippen molar-refractivity contribution in [3.05, 3.63) is 71.8 Å². The summed E-state index contributed by atoms with van der Waals surface area (Å²) >= 11 is 0. The maximum Gasteiger partial charge on any atom is 0.159 e. The van der Waals surface area contributed by atoms with Gasteiger partial charge in [0.25, 0.3) is 0 Å². The molecule has 4 rings (SSSR count). The molecule has 0 radical (unpaired) electrons. The smallest absolute Gasteiger partial charge is 0.159 e. The van der Waals surface area contributed by atoms with E-state index in [2.05, 4.69) is 37.3 Å². The molecular weight excluding hydrogens is 350 g/mol. The van der Waals surface area contributed by atoms with Gasteiger partial charge in [-0.1, -0.05) is 62.6 Å². The lowest BCUT2D eigenvalue weighted by molar-refractivity contribution is 0.304. The van der Waals surface area contributed by atoms with Crippen molar-refractivity contribution in [3.63, 3.8) is 0 Å². The van der Waals surface area contributed by atoms with E-state index in [9.17, 15) is 8.78 Å². The highest BCUT2D eigenvalue weighted by Gasteiger charge is 2.22. The third-order valence-corrected chi connectivity index (χ3v) is 6.40. The Labute approximate surface area is 166 Å². The van der Waals surface area contributed by atoms with Crippen LogP contribution in [0.2, 0.25) is 0 Å². The number of rotatable bonds is 5. The number of hydrogen-bond donors (Lipinski definition) is 0. The molecule has 3 aromatic carbocycles. The third-order valence-electron chi connectivity index (χ3n) is 6.40. The monoisotopic (exact) mass is 378 g/mol. The minimum absolute atomic E-state index is 0.674. The number of benzene rings is 3. The number of halogens is 2. The third kappa shape index (κ3) is 4.11. The summed E-state index contributed by atoms with van der Waals surface area (Å²) in [6.45, 7) is 2.28. The first kappa shape index (κ1) is 19.1. The Morgan fingerprint density at radius 1 is 0.750 bits per heavy atom. The largest absolute Gasteiger partial charge is 0.204 e. The van der Waals surface area contributed by atoms with Crippen LogP contribution in [0.4, 0.5) is 8.78 Å². The number of fused-ring (bicyclic) bond motifs is 1. The first-order chi connectivity index (χ1) is 13.6. The van der Waals surface area contributed by atoms with Crippen LogP contribution in [-0.4, -0.2) is 0 Å². The molecule has 1 aliphatic carbocycles. The normalized spacial score (nSPS) is 19.8. The second-order valence-corrected chi connectivity index (χ2v) is 8.31. The standard InChI is InChI=1S/C26H28F2/c1-2-3-4-18-5-7-19(8-6-18)20-9-10-22-16-23(12-11-21(22)15-20)24-13-14-25(27)26(28)17-24/h9-19H,2-8H2,1H3. The first-order valence-electron chi connectivity index (χ1n) is 10.6. The van der Waals surface area contributed by atoms with Gasteiger partial charge >= 0.3 is 0 Å². The summed E-state index contributed by atoms with van der Waals surface area (Å²) in [4.78, 5) is 0. The van der Waals surface area contributed by atoms with E-state index >= 15 is 0 Å². The minimum atomic E-state index is -0.807. The van der Waals surface area contributed by atoms with Gasteiger partial charge in [0.05, 0.1) is 0 Å². The summed E-state index contributed by atoms with van der Waals surface area (Å²) in [5, 5.41) is 2.36. The summed E-state index contributed by atoms with van der Waals surface area (Å²) in [5.74, 6) is -0.00968. The Balaban J connectivity index is 1.52. The molecule has 0 saturated heterocycles.